The van der Waals surface area contributed by atoms with Gasteiger partial charge in [0.1, 0.15) is 6.10 Å². The summed E-state index contributed by atoms with van der Waals surface area (Å²) in [5, 5.41) is 2.44. The first-order valence-corrected chi connectivity index (χ1v) is 9.58. The van der Waals surface area contributed by atoms with Gasteiger partial charge in [-0.3, -0.25) is 4.79 Å². The zero-order valence-electron chi connectivity index (χ0n) is 13.2. The van der Waals surface area contributed by atoms with Gasteiger partial charge in [-0.2, -0.15) is 0 Å². The number of amides is 1. The van der Waals surface area contributed by atoms with Crippen LogP contribution in [0.15, 0.2) is 40.7 Å². The summed E-state index contributed by atoms with van der Waals surface area (Å²) >= 11 is 1.42. The van der Waals surface area contributed by atoms with Crippen molar-refractivity contribution in [2.24, 2.45) is 0 Å². The van der Waals surface area contributed by atoms with Gasteiger partial charge in [-0.25, -0.2) is 17.7 Å². The van der Waals surface area contributed by atoms with Crippen molar-refractivity contribution in [2.45, 2.75) is 11.0 Å². The van der Waals surface area contributed by atoms with Crippen molar-refractivity contribution in [3.05, 3.63) is 41.4 Å². The Kier molecular flexibility index (Phi) is 4.57. The third kappa shape index (κ3) is 3.28. The molecule has 1 saturated heterocycles. The molecule has 7 nitrogen and oxygen atoms in total. The Hall–Kier alpha value is -1.97. The Morgan fingerprint density at radius 3 is 2.50 bits per heavy atom. The molecule has 0 aliphatic carbocycles. The molecule has 1 fully saturated rings. The van der Waals surface area contributed by atoms with Gasteiger partial charge in [0.15, 0.2) is 0 Å². The average molecular weight is 367 g/mol. The molecule has 0 atom stereocenters. The molecule has 1 amide bonds. The van der Waals surface area contributed by atoms with Gasteiger partial charge in [-0.1, -0.05) is 11.3 Å². The van der Waals surface area contributed by atoms with Crippen molar-refractivity contribution >= 4 is 27.3 Å². The van der Waals surface area contributed by atoms with E-state index in [0.717, 1.165) is 4.31 Å². The van der Waals surface area contributed by atoms with Gasteiger partial charge in [0, 0.05) is 31.2 Å². The topological polar surface area (TPSA) is 79.8 Å². The van der Waals surface area contributed by atoms with E-state index < -0.39 is 10.0 Å². The lowest BCUT2D eigenvalue weighted by Crippen LogP contribution is -2.56. The largest absolute Gasteiger partial charge is 0.463 e. The first kappa shape index (κ1) is 16.9. The van der Waals surface area contributed by atoms with Crippen molar-refractivity contribution in [3.63, 3.8) is 0 Å². The summed E-state index contributed by atoms with van der Waals surface area (Å²) in [6.07, 6.45) is 1.62. The van der Waals surface area contributed by atoms with Gasteiger partial charge >= 0.3 is 0 Å². The van der Waals surface area contributed by atoms with Crippen LogP contribution in [0.4, 0.5) is 0 Å². The minimum Gasteiger partial charge on any atom is -0.463 e. The smallest absolute Gasteiger partial charge is 0.273 e. The molecule has 128 valence electrons. The Labute approximate surface area is 144 Å². The van der Waals surface area contributed by atoms with Crippen LogP contribution < -0.4 is 4.74 Å². The zero-order valence-corrected chi connectivity index (χ0v) is 14.9. The van der Waals surface area contributed by atoms with Crippen LogP contribution >= 0.6 is 11.3 Å². The molecule has 0 N–H and O–H groups in total. The molecule has 2 heterocycles. The van der Waals surface area contributed by atoms with Crippen LogP contribution in [0.25, 0.3) is 0 Å². The summed E-state index contributed by atoms with van der Waals surface area (Å²) in [4.78, 5) is 18.2. The second-order valence-electron chi connectivity index (χ2n) is 5.56. The number of hydrogen-bond donors (Lipinski definition) is 0. The molecular formula is C15H17N3O4S2. The third-order valence-corrected chi connectivity index (χ3v) is 6.18. The maximum Gasteiger partial charge on any atom is 0.273 e. The number of carbonyl (C=O) groups excluding carboxylic acids is 1. The number of carbonyl (C=O) groups is 1. The lowest BCUT2D eigenvalue weighted by atomic mass is 10.1. The second kappa shape index (κ2) is 6.50. The van der Waals surface area contributed by atoms with Crippen LogP contribution in [0.5, 0.6) is 5.19 Å². The number of ether oxygens (including phenoxy) is 1. The number of aromatic nitrogens is 1. The number of likely N-dealkylation sites (tertiary alicyclic amines) is 1. The number of hydrogen-bond acceptors (Lipinski definition) is 6. The normalized spacial score (nSPS) is 15.4. The van der Waals surface area contributed by atoms with Crippen LogP contribution in [0.2, 0.25) is 0 Å². The predicted molar refractivity (Wildman–Crippen MR) is 89.7 cm³/mol. The summed E-state index contributed by atoms with van der Waals surface area (Å²) in [6.45, 7) is 0.992. The molecule has 24 heavy (non-hydrogen) atoms. The second-order valence-corrected chi connectivity index (χ2v) is 8.57. The number of nitrogens with zero attached hydrogens (tertiary/aromatic N) is 3. The molecule has 1 aliphatic rings. The van der Waals surface area contributed by atoms with Crippen molar-refractivity contribution in [3.8, 4) is 5.19 Å². The Morgan fingerprint density at radius 1 is 1.29 bits per heavy atom. The maximum absolute atomic E-state index is 12.4. The average Bonchev–Trinajstić information content (AvgIpc) is 3.03. The highest BCUT2D eigenvalue weighted by Crippen LogP contribution is 2.22. The van der Waals surface area contributed by atoms with Crippen molar-refractivity contribution in [1.82, 2.24) is 14.2 Å². The molecule has 0 saturated carbocycles. The maximum atomic E-state index is 12.4. The first-order chi connectivity index (χ1) is 11.4. The lowest BCUT2D eigenvalue weighted by Gasteiger charge is -2.38. The summed E-state index contributed by atoms with van der Waals surface area (Å²) in [5.74, 6) is -0.136. The zero-order chi connectivity index (χ0) is 17.3. The fourth-order valence-electron chi connectivity index (χ4n) is 2.25. The molecule has 3 rings (SSSR count). The van der Waals surface area contributed by atoms with Crippen molar-refractivity contribution in [1.29, 1.82) is 0 Å². The van der Waals surface area contributed by atoms with E-state index in [0.29, 0.717) is 23.8 Å². The van der Waals surface area contributed by atoms with E-state index in [-0.39, 0.29) is 16.9 Å². The molecule has 1 aliphatic heterocycles. The number of rotatable bonds is 5. The van der Waals surface area contributed by atoms with Gasteiger partial charge < -0.3 is 9.64 Å². The van der Waals surface area contributed by atoms with Crippen LogP contribution in [0, 0.1) is 0 Å². The number of thiazole rings is 1. The monoisotopic (exact) mass is 367 g/mol. The van der Waals surface area contributed by atoms with E-state index in [1.165, 1.54) is 49.7 Å². The van der Waals surface area contributed by atoms with E-state index in [1.54, 1.807) is 11.1 Å². The van der Waals surface area contributed by atoms with Gasteiger partial charge in [0.2, 0.25) is 10.0 Å². The van der Waals surface area contributed by atoms with Gasteiger partial charge in [0.05, 0.1) is 18.0 Å². The highest BCUT2D eigenvalue weighted by molar-refractivity contribution is 7.89. The predicted octanol–water partition coefficient (Wildman–Crippen LogP) is 1.30. The molecule has 1 aromatic heterocycles. The quantitative estimate of drug-likeness (QED) is 0.796. The lowest BCUT2D eigenvalue weighted by molar-refractivity contribution is 0.0177. The van der Waals surface area contributed by atoms with Crippen LogP contribution in [-0.4, -0.2) is 61.8 Å². The summed E-state index contributed by atoms with van der Waals surface area (Å²) in [6, 6.07) is 5.97. The van der Waals surface area contributed by atoms with Crippen molar-refractivity contribution < 1.29 is 17.9 Å². The Balaban J connectivity index is 1.61. The highest BCUT2D eigenvalue weighted by Gasteiger charge is 2.33. The Bertz CT molecular complexity index is 811. The minimum atomic E-state index is -3.49. The molecule has 0 radical (unpaired) electrons. The van der Waals surface area contributed by atoms with E-state index >= 15 is 0 Å². The Morgan fingerprint density at radius 2 is 1.96 bits per heavy atom. The number of benzene rings is 1. The van der Waals surface area contributed by atoms with Gasteiger partial charge in [-0.15, -0.1) is 0 Å². The SMILES string of the molecule is CN(C)S(=O)(=O)c1ccc(C(=O)N2CC(Oc3nccs3)C2)cc1. The van der Waals surface area contributed by atoms with E-state index in [9.17, 15) is 13.2 Å². The molecular weight excluding hydrogens is 350 g/mol. The molecule has 2 aromatic rings. The summed E-state index contributed by atoms with van der Waals surface area (Å²) in [5.41, 5.74) is 0.459. The van der Waals surface area contributed by atoms with Crippen molar-refractivity contribution in [2.75, 3.05) is 27.2 Å². The van der Waals surface area contributed by atoms with Gasteiger partial charge in [-0.05, 0) is 24.3 Å². The molecule has 9 heteroatoms. The first-order valence-electron chi connectivity index (χ1n) is 7.26. The van der Waals surface area contributed by atoms with Crippen LogP contribution in [0.3, 0.4) is 0 Å². The van der Waals surface area contributed by atoms with E-state index in [4.69, 9.17) is 4.74 Å². The van der Waals surface area contributed by atoms with Gasteiger partial charge in [0.25, 0.3) is 11.1 Å². The molecule has 0 bridgehead atoms. The third-order valence-electron chi connectivity index (χ3n) is 3.69. The van der Waals surface area contributed by atoms with Crippen LogP contribution in [0.1, 0.15) is 10.4 Å². The molecule has 1 aromatic carbocycles. The molecule has 0 unspecified atom stereocenters. The van der Waals surface area contributed by atoms with E-state index in [1.807, 2.05) is 5.38 Å². The van der Waals surface area contributed by atoms with Crippen LogP contribution in [-0.2, 0) is 10.0 Å². The fraction of sp³-hybridized carbons (Fsp3) is 0.333. The summed E-state index contributed by atoms with van der Waals surface area (Å²) < 4.78 is 30.8. The minimum absolute atomic E-state index is 0.0477. The summed E-state index contributed by atoms with van der Waals surface area (Å²) in [7, 11) is -0.548. The number of sulfonamides is 1. The molecule has 0 spiro atoms. The highest BCUT2D eigenvalue weighted by atomic mass is 32.2. The standard InChI is InChI=1S/C15H17N3O4S2/c1-17(2)24(20,21)13-5-3-11(4-6-13)14(19)18-9-12(10-18)22-15-16-7-8-23-15/h3-8,12H,9-10H2,1-2H3. The van der Waals surface area contributed by atoms with E-state index in [2.05, 4.69) is 4.98 Å². The fourth-order valence-corrected chi connectivity index (χ4v) is 3.71.